The molecule has 18 N–H and O–H groups in total. The Morgan fingerprint density at radius 3 is 1.63 bits per heavy atom. The Balaban J connectivity index is 1.47. The lowest BCUT2D eigenvalue weighted by Crippen LogP contribution is -2.61. The van der Waals surface area contributed by atoms with Crippen molar-refractivity contribution >= 4 is 117 Å². The third kappa shape index (κ3) is 29.6. The molecular weight excluding hydrogens is 1440 g/mol. The number of hydrogen-bond donors (Lipinski definition) is 17. The summed E-state index contributed by atoms with van der Waals surface area (Å²) in [6, 6.07) is -1.47. The summed E-state index contributed by atoms with van der Waals surface area (Å²) in [6.45, 7) is 5.96. The van der Waals surface area contributed by atoms with Gasteiger partial charge in [-0.25, -0.2) is 9.59 Å². The average Bonchev–Trinajstić information content (AvgIpc) is 0.804. The van der Waals surface area contributed by atoms with Crippen LogP contribution in [-0.2, 0) is 84.8 Å². The Morgan fingerprint density at radius 1 is 0.541 bits per heavy atom. The molecular formula is C68H88N14O27. The SMILES string of the molecule is COc1ccc2c(CC(=O)NC(CO)C(=O)NC(CCC(=O)O)C(=O)NC(C(=O)NC(CC(N)=O)C(=O)NC(CC(C)C)C(=O)NC(CC(=O)O)C(=O)NC(C)C(=O)NC(CCC(=O)O)C(=O)NC(Cc3ccccc3)C(=O)NC(CCCCNc3ccc([N+](=O)[O-])cc3[N+](=O)[O-])C(=O)O)C(C)C)cc(=O)oc2c1. The highest BCUT2D eigenvalue weighted by Crippen LogP contribution is 2.29. The Kier molecular flexibility index (Phi) is 35.0. The first-order valence-corrected chi connectivity index (χ1v) is 33.9. The molecule has 41 nitrogen and oxygen atoms in total. The molecule has 0 bridgehead atoms. The van der Waals surface area contributed by atoms with E-state index in [1.807, 2.05) is 0 Å². The number of carboxylic acid groups (broad SMARTS) is 4. The quantitative estimate of drug-likeness (QED) is 0.0103. The second-order valence-electron chi connectivity index (χ2n) is 25.7. The van der Waals surface area contributed by atoms with E-state index in [9.17, 15) is 122 Å². The summed E-state index contributed by atoms with van der Waals surface area (Å²) in [6.07, 6.45) is -6.11. The number of methoxy groups -OCH3 is 1. The molecule has 0 saturated carbocycles. The number of nitrogens with two attached hydrogens (primary N) is 1. The van der Waals surface area contributed by atoms with Gasteiger partial charge in [-0.2, -0.15) is 0 Å². The number of hydrogen-bond acceptors (Lipinski definition) is 24. The van der Waals surface area contributed by atoms with E-state index >= 15 is 0 Å². The van der Waals surface area contributed by atoms with Gasteiger partial charge in [0.15, 0.2) is 0 Å². The normalized spacial score (nSPS) is 13.8. The number of fused-ring (bicyclic) bond motifs is 1. The monoisotopic (exact) mass is 1530 g/mol. The average molecular weight is 1530 g/mol. The predicted octanol–water partition coefficient (Wildman–Crippen LogP) is -1.59. The largest absolute Gasteiger partial charge is 0.497 e. The highest BCUT2D eigenvalue weighted by Gasteiger charge is 2.38. The lowest BCUT2D eigenvalue weighted by Gasteiger charge is -2.29. The summed E-state index contributed by atoms with van der Waals surface area (Å²) in [4.78, 5) is 233. The summed E-state index contributed by atoms with van der Waals surface area (Å²) in [5.74, 6) is -20.2. The zero-order valence-electron chi connectivity index (χ0n) is 59.9. The number of aliphatic hydroxyl groups excluding tert-OH is 1. The van der Waals surface area contributed by atoms with Crippen LogP contribution in [0.15, 0.2) is 82.0 Å². The van der Waals surface area contributed by atoms with Crippen LogP contribution in [0.25, 0.3) is 11.0 Å². The minimum atomic E-state index is -2.07. The second kappa shape index (κ2) is 43.0. The van der Waals surface area contributed by atoms with Crippen molar-refractivity contribution in [3.8, 4) is 5.75 Å². The van der Waals surface area contributed by atoms with Gasteiger partial charge in [0, 0.05) is 49.4 Å². The van der Waals surface area contributed by atoms with Gasteiger partial charge in [-0.3, -0.25) is 87.4 Å². The standard InChI is InChI=1S/C68H88N14O27/c1-33(2)24-45(76-65(99)47(30-52(69)84)79-67(101)58(34(3)4)80-61(95)43(20-22-55(88)89)74-66(100)49(32-83)72-53(85)26-37-27-57(92)109-51-29-39(108-6)16-17-40(37)51)63(97)78-48(31-56(90)91)62(96)71-35(5)59(93)73-42(19-21-54(86)87)60(94)77-46(25-36-12-8-7-9-13-36)64(98)75-44(68(102)103)14-10-11-23-70-41-18-15-38(81(104)105)28-50(41)82(106)107/h7-9,12-13,15-18,27-29,33-35,42-49,58,70,83H,10-11,14,19-26,30-32H2,1-6H3,(H2,69,84)(H,71,96)(H,72,85)(H,73,93)(H,74,100)(H,75,98)(H,76,99)(H,77,94)(H,78,97)(H,79,101)(H,80,95)(H,86,87)(H,88,89)(H,90,91)(H,102,103). The number of aliphatic hydroxyl groups is 1. The number of ether oxygens (including phenoxy) is 1. The van der Waals surface area contributed by atoms with Crippen LogP contribution in [0.1, 0.15) is 110 Å². The summed E-state index contributed by atoms with van der Waals surface area (Å²) < 4.78 is 10.4. The first-order chi connectivity index (χ1) is 51.3. The third-order valence-corrected chi connectivity index (χ3v) is 16.3. The molecule has 0 aliphatic heterocycles. The van der Waals surface area contributed by atoms with Crippen LogP contribution in [0.5, 0.6) is 5.75 Å². The van der Waals surface area contributed by atoms with Crippen molar-refractivity contribution in [2.75, 3.05) is 25.6 Å². The number of carbonyl (C=O) groups excluding carboxylic acids is 11. The van der Waals surface area contributed by atoms with E-state index in [2.05, 4.69) is 58.5 Å². The Bertz CT molecular complexity index is 4080. The highest BCUT2D eigenvalue weighted by atomic mass is 16.6. The van der Waals surface area contributed by atoms with Crippen molar-refractivity contribution < 1.29 is 116 Å². The molecule has 3 aromatic carbocycles. The Labute approximate surface area is 620 Å². The molecule has 0 spiro atoms. The zero-order valence-corrected chi connectivity index (χ0v) is 59.9. The van der Waals surface area contributed by atoms with E-state index in [0.717, 1.165) is 31.2 Å². The molecule has 0 aliphatic rings. The molecule has 4 aromatic rings. The van der Waals surface area contributed by atoms with Gasteiger partial charge in [0.05, 0.1) is 48.9 Å². The zero-order chi connectivity index (χ0) is 81.5. The smallest absolute Gasteiger partial charge is 0.336 e. The van der Waals surface area contributed by atoms with Gasteiger partial charge >= 0.3 is 29.5 Å². The van der Waals surface area contributed by atoms with Crippen LogP contribution in [0.3, 0.4) is 0 Å². The molecule has 1 aromatic heterocycles. The molecule has 592 valence electrons. The van der Waals surface area contributed by atoms with Crippen molar-refractivity contribution in [3.63, 3.8) is 0 Å². The Morgan fingerprint density at radius 2 is 1.07 bits per heavy atom. The molecule has 0 fully saturated rings. The molecule has 0 saturated heterocycles. The van der Waals surface area contributed by atoms with E-state index < -0.39 is 240 Å². The molecule has 10 atom stereocenters. The van der Waals surface area contributed by atoms with E-state index in [1.165, 1.54) is 39.2 Å². The fraction of sp³-hybridized carbons (Fsp3) is 0.471. The van der Waals surface area contributed by atoms with Crippen molar-refractivity contribution in [2.24, 2.45) is 17.6 Å². The van der Waals surface area contributed by atoms with E-state index in [4.69, 9.17) is 14.9 Å². The molecule has 0 radical (unpaired) electrons. The number of amides is 11. The van der Waals surface area contributed by atoms with Crippen LogP contribution in [0.4, 0.5) is 17.1 Å². The maximum Gasteiger partial charge on any atom is 0.336 e. The van der Waals surface area contributed by atoms with Crippen molar-refractivity contribution in [2.45, 2.75) is 172 Å². The first kappa shape index (κ1) is 88.7. The number of carboxylic acids is 4. The first-order valence-electron chi connectivity index (χ1n) is 33.9. The van der Waals surface area contributed by atoms with Crippen molar-refractivity contribution in [1.82, 2.24) is 53.2 Å². The summed E-state index contributed by atoms with van der Waals surface area (Å²) >= 11 is 0. The van der Waals surface area contributed by atoms with Crippen LogP contribution in [0.2, 0.25) is 0 Å². The minimum Gasteiger partial charge on any atom is -0.497 e. The number of benzene rings is 3. The number of aliphatic carboxylic acids is 4. The van der Waals surface area contributed by atoms with Crippen LogP contribution >= 0.6 is 0 Å². The van der Waals surface area contributed by atoms with Gasteiger partial charge < -0.3 is 98.9 Å². The third-order valence-electron chi connectivity index (χ3n) is 16.3. The van der Waals surface area contributed by atoms with Gasteiger partial charge in [-0.05, 0) is 86.6 Å². The summed E-state index contributed by atoms with van der Waals surface area (Å²) in [7, 11) is 1.37. The fourth-order valence-electron chi connectivity index (χ4n) is 10.7. The summed E-state index contributed by atoms with van der Waals surface area (Å²) in [5.41, 5.74) is 4.12. The fourth-order valence-corrected chi connectivity index (χ4v) is 10.7. The molecule has 4 rings (SSSR count). The maximum absolute atomic E-state index is 14.2. The minimum absolute atomic E-state index is 0.0157. The number of rotatable bonds is 47. The maximum atomic E-state index is 14.2. The number of primary amides is 1. The highest BCUT2D eigenvalue weighted by molar-refractivity contribution is 6.01. The van der Waals surface area contributed by atoms with Crippen LogP contribution < -0.4 is 74.6 Å². The summed E-state index contributed by atoms with van der Waals surface area (Å²) in [5, 5.41) is 98.1. The molecule has 1 heterocycles. The number of nitro benzene ring substituents is 2. The molecule has 0 aliphatic carbocycles. The predicted molar refractivity (Wildman–Crippen MR) is 379 cm³/mol. The number of nitrogens with one attached hydrogen (secondary N) is 11. The van der Waals surface area contributed by atoms with E-state index in [-0.39, 0.29) is 55.5 Å². The lowest BCUT2D eigenvalue weighted by atomic mass is 10.00. The van der Waals surface area contributed by atoms with Crippen molar-refractivity contribution in [1.29, 1.82) is 0 Å². The van der Waals surface area contributed by atoms with Crippen LogP contribution in [0, 0.1) is 32.1 Å². The topological polar surface area (TPSA) is 641 Å². The van der Waals surface area contributed by atoms with Gasteiger partial charge in [0.1, 0.15) is 77.4 Å². The molecule has 10 unspecified atom stereocenters. The van der Waals surface area contributed by atoms with Crippen LogP contribution in [-0.4, -0.2) is 205 Å². The van der Waals surface area contributed by atoms with Gasteiger partial charge in [-0.15, -0.1) is 0 Å². The number of nitrogens with zero attached hydrogens (tertiary/aromatic N) is 2. The number of anilines is 1. The number of carbonyl (C=O) groups is 15. The molecule has 41 heteroatoms. The van der Waals surface area contributed by atoms with E-state index in [1.54, 1.807) is 44.2 Å². The molecule has 109 heavy (non-hydrogen) atoms. The van der Waals surface area contributed by atoms with Gasteiger partial charge in [0.2, 0.25) is 65.0 Å². The molecule has 11 amide bonds. The second-order valence-corrected chi connectivity index (χ2v) is 25.7. The number of nitro groups is 2. The van der Waals surface area contributed by atoms with Crippen molar-refractivity contribution in [3.05, 3.63) is 115 Å². The van der Waals surface area contributed by atoms with Gasteiger partial charge in [0.25, 0.3) is 11.4 Å². The lowest BCUT2D eigenvalue weighted by molar-refractivity contribution is -0.393. The van der Waals surface area contributed by atoms with Gasteiger partial charge in [-0.1, -0.05) is 58.0 Å². The Hall–Kier alpha value is -12.7. The number of unbranched alkanes of at least 4 members (excludes halogenated alkanes) is 1. The van der Waals surface area contributed by atoms with E-state index in [0.29, 0.717) is 16.7 Å². The number of non-ortho nitro benzene ring substituents is 1.